The van der Waals surface area contributed by atoms with E-state index in [1.807, 2.05) is 0 Å². The Balaban J connectivity index is -0.000000297. The van der Waals surface area contributed by atoms with Crippen molar-refractivity contribution in [1.29, 1.82) is 0 Å². The van der Waals surface area contributed by atoms with E-state index in [2.05, 4.69) is 55.4 Å². The van der Waals surface area contributed by atoms with Crippen molar-refractivity contribution in [1.82, 2.24) is 0 Å². The quantitative estimate of drug-likeness (QED) is 0.248. The van der Waals surface area contributed by atoms with Gasteiger partial charge in [-0.05, 0) is 55.4 Å². The second-order valence-corrected chi connectivity index (χ2v) is 17.4. The van der Waals surface area contributed by atoms with Gasteiger partial charge in [-0.15, -0.1) is 13.1 Å². The molecule has 0 amide bonds. The second-order valence-electron chi connectivity index (χ2n) is 6.82. The molecule has 2 N–H and O–H groups in total. The normalized spacial score (nSPS) is 11.2. The van der Waals surface area contributed by atoms with E-state index >= 15 is 0 Å². The first-order chi connectivity index (χ1) is 10.6. The zero-order valence-electron chi connectivity index (χ0n) is 16.2. The van der Waals surface area contributed by atoms with Crippen molar-refractivity contribution in [3.8, 4) is 0 Å². The van der Waals surface area contributed by atoms with Gasteiger partial charge < -0.3 is 11.5 Å². The minimum atomic E-state index is -0.346. The van der Waals surface area contributed by atoms with E-state index in [0.717, 1.165) is 22.6 Å². The van der Waals surface area contributed by atoms with E-state index in [9.17, 15) is 0 Å². The summed E-state index contributed by atoms with van der Waals surface area (Å²) < 4.78 is 0. The third-order valence-corrected chi connectivity index (χ3v) is 11.4. The molecule has 0 saturated heterocycles. The monoisotopic (exact) mass is 494 g/mol. The summed E-state index contributed by atoms with van der Waals surface area (Å²) in [6.45, 7) is 19.6. The molecule has 0 unspecified atom stereocenters. The van der Waals surface area contributed by atoms with Crippen LogP contribution in [0.3, 0.4) is 0 Å². The van der Waals surface area contributed by atoms with E-state index in [1.54, 1.807) is 0 Å². The van der Waals surface area contributed by atoms with Crippen LogP contribution in [0.1, 0.15) is 55.4 Å². The van der Waals surface area contributed by atoms with Gasteiger partial charge in [0.1, 0.15) is 0 Å². The van der Waals surface area contributed by atoms with Crippen LogP contribution in [0.4, 0.5) is 0 Å². The first-order valence-electron chi connectivity index (χ1n) is 8.45. The Labute approximate surface area is 164 Å². The Morgan fingerprint density at radius 3 is 0.870 bits per heavy atom. The molecule has 0 saturated carbocycles. The summed E-state index contributed by atoms with van der Waals surface area (Å²) in [5.74, 6) is 0. The Morgan fingerprint density at radius 2 is 0.826 bits per heavy atom. The molecule has 0 aromatic rings. The average molecular weight is 494 g/mol. The van der Waals surface area contributed by atoms with Crippen LogP contribution in [0.15, 0.2) is 0 Å². The molecule has 0 aliphatic carbocycles. The van der Waals surface area contributed by atoms with Crippen molar-refractivity contribution in [3.05, 3.63) is 11.5 Å². The summed E-state index contributed by atoms with van der Waals surface area (Å²) in [4.78, 5) is 0. The molecule has 0 fully saturated rings. The molecule has 0 aromatic heterocycles. The fraction of sp³-hybridized carbons (Fsp3) is 1.00. The Morgan fingerprint density at radius 1 is 0.652 bits per heavy atom. The molecule has 23 heavy (non-hydrogen) atoms. The third kappa shape index (κ3) is 20.2. The van der Waals surface area contributed by atoms with Gasteiger partial charge in [-0.25, -0.2) is 0 Å². The molecular weight excluding hydrogens is 454 g/mol. The fourth-order valence-corrected chi connectivity index (χ4v) is 8.33. The molecule has 0 bridgehead atoms. The predicted octanol–water partition coefficient (Wildman–Crippen LogP) is 7.52. The molecule has 144 valence electrons. The summed E-state index contributed by atoms with van der Waals surface area (Å²) in [6.07, 6.45) is 2.33. The SMILES string of the molecule is CC(C)[PH+](CC[NH-])C(C)C.CC(C)[PH+](CC[NH-])C(C)C.[Cl][Ru+2][Cl]. The van der Waals surface area contributed by atoms with Crippen molar-refractivity contribution < 1.29 is 15.1 Å². The molecule has 0 atom stereocenters. The predicted molar refractivity (Wildman–Crippen MR) is 117 cm³/mol. The van der Waals surface area contributed by atoms with Gasteiger partial charge in [0, 0.05) is 28.2 Å². The van der Waals surface area contributed by atoms with Crippen LogP contribution in [0.25, 0.3) is 11.5 Å². The molecule has 0 aliphatic rings. The van der Waals surface area contributed by atoms with E-state index in [1.165, 1.54) is 12.3 Å². The minimum absolute atomic E-state index is 0.217. The Kier molecular flexibility index (Phi) is 26.2. The van der Waals surface area contributed by atoms with Crippen LogP contribution >= 0.6 is 35.2 Å². The van der Waals surface area contributed by atoms with E-state index < -0.39 is 0 Å². The van der Waals surface area contributed by atoms with Gasteiger partial charge in [0.05, 0.1) is 22.6 Å². The van der Waals surface area contributed by atoms with Crippen molar-refractivity contribution in [2.24, 2.45) is 0 Å². The summed E-state index contributed by atoms with van der Waals surface area (Å²) in [6, 6.07) is 0. The van der Waals surface area contributed by atoms with Gasteiger partial charge in [-0.2, -0.15) is 0 Å². The number of hydrogen-bond donors (Lipinski definition) is 0. The number of nitrogens with one attached hydrogen (secondary N) is 2. The van der Waals surface area contributed by atoms with E-state index in [-0.39, 0.29) is 31.0 Å². The maximum atomic E-state index is 7.15. The van der Waals surface area contributed by atoms with Crippen LogP contribution in [-0.4, -0.2) is 48.0 Å². The molecule has 0 aliphatic heterocycles. The standard InChI is InChI=1S/2C8H19NP.2ClH.Ru/c2*1-7(2)10(6-5-9)8(3)4;;;/h2*7-9H,5-6H2,1-4H3;2*1H;/q2*-1;;;+4. The molecule has 0 spiro atoms. The molecule has 0 heterocycles. The van der Waals surface area contributed by atoms with Crippen LogP contribution in [-0.2, 0) is 15.1 Å². The van der Waals surface area contributed by atoms with Gasteiger partial charge in [0.2, 0.25) is 0 Å². The Hall–Kier alpha value is 1.98. The van der Waals surface area contributed by atoms with Crippen molar-refractivity contribution in [3.63, 3.8) is 0 Å². The molecule has 0 rings (SSSR count). The van der Waals surface area contributed by atoms with E-state index in [4.69, 9.17) is 30.8 Å². The third-order valence-electron chi connectivity index (χ3n) is 3.79. The van der Waals surface area contributed by atoms with Crippen LogP contribution in [0.5, 0.6) is 0 Å². The van der Waals surface area contributed by atoms with Crippen LogP contribution in [0, 0.1) is 0 Å². The van der Waals surface area contributed by atoms with Crippen LogP contribution in [0.2, 0.25) is 0 Å². The second kappa shape index (κ2) is 20.3. The van der Waals surface area contributed by atoms with Gasteiger partial charge in [-0.1, -0.05) is 0 Å². The van der Waals surface area contributed by atoms with Gasteiger partial charge in [0.25, 0.3) is 0 Å². The van der Waals surface area contributed by atoms with E-state index in [0.29, 0.717) is 13.1 Å². The molecular formula is C16H40Cl2N2P2Ru+2. The first kappa shape index (κ1) is 29.7. The van der Waals surface area contributed by atoms with Crippen LogP contribution < -0.4 is 0 Å². The zero-order valence-corrected chi connectivity index (χ0v) is 21.5. The number of halogens is 2. The molecule has 2 nitrogen and oxygen atoms in total. The molecule has 0 radical (unpaired) electrons. The first-order valence-corrected chi connectivity index (χ1v) is 16.7. The van der Waals surface area contributed by atoms with Gasteiger partial charge >= 0.3 is 34.5 Å². The summed E-state index contributed by atoms with van der Waals surface area (Å²) in [5, 5.41) is 0. The Bertz CT molecular complexity index is 196. The molecule has 0 aromatic carbocycles. The average Bonchev–Trinajstić information content (AvgIpc) is 2.42. The fourth-order valence-electron chi connectivity index (χ4n) is 2.78. The topological polar surface area (TPSA) is 47.6 Å². The zero-order chi connectivity index (χ0) is 19.0. The maximum absolute atomic E-state index is 7.15. The summed E-state index contributed by atoms with van der Waals surface area (Å²) >= 11 is -0.346. The number of rotatable bonds is 8. The van der Waals surface area contributed by atoms with Gasteiger partial charge in [-0.3, -0.25) is 0 Å². The summed E-state index contributed by atoms with van der Waals surface area (Å²) in [7, 11) is 9.27. The van der Waals surface area contributed by atoms with Crippen molar-refractivity contribution >= 4 is 35.2 Å². The number of hydrogen-bond acceptors (Lipinski definition) is 0. The van der Waals surface area contributed by atoms with Crippen molar-refractivity contribution in [2.45, 2.75) is 78.0 Å². The molecule has 7 heteroatoms. The van der Waals surface area contributed by atoms with Crippen molar-refractivity contribution in [2.75, 3.05) is 25.4 Å². The summed E-state index contributed by atoms with van der Waals surface area (Å²) in [5.41, 5.74) is 17.7. The van der Waals surface area contributed by atoms with Gasteiger partial charge in [0.15, 0.2) is 0 Å².